The molecule has 0 radical (unpaired) electrons. The molecule has 1 saturated heterocycles. The SMILES string of the molecule is Cn1c(C[NH+]2CCOCC2)nnc1SCC(=O)NCCc1ccccc1. The van der Waals surface area contributed by atoms with Crippen LogP contribution in [0.1, 0.15) is 11.4 Å². The zero-order valence-electron chi connectivity index (χ0n) is 15.1. The predicted octanol–water partition coefficient (Wildman–Crippen LogP) is -0.319. The van der Waals surface area contributed by atoms with Gasteiger partial charge in [-0.25, -0.2) is 0 Å². The third-order valence-corrected chi connectivity index (χ3v) is 5.46. The van der Waals surface area contributed by atoms with Crippen molar-refractivity contribution >= 4 is 17.7 Å². The van der Waals surface area contributed by atoms with E-state index in [4.69, 9.17) is 4.74 Å². The summed E-state index contributed by atoms with van der Waals surface area (Å²) in [5, 5.41) is 12.3. The zero-order valence-corrected chi connectivity index (χ0v) is 15.9. The van der Waals surface area contributed by atoms with Crippen molar-refractivity contribution in [3.63, 3.8) is 0 Å². The third-order valence-electron chi connectivity index (χ3n) is 4.44. The number of nitrogens with zero attached hydrogens (tertiary/aromatic N) is 3. The van der Waals surface area contributed by atoms with Gasteiger partial charge in [-0.15, -0.1) is 10.2 Å². The number of ether oxygens (including phenoxy) is 1. The Labute approximate surface area is 158 Å². The Balaban J connectivity index is 1.40. The molecule has 1 aromatic carbocycles. The van der Waals surface area contributed by atoms with Gasteiger partial charge in [0.2, 0.25) is 5.91 Å². The summed E-state index contributed by atoms with van der Waals surface area (Å²) in [6.45, 7) is 5.10. The Kier molecular flexibility index (Phi) is 7.04. The molecule has 2 N–H and O–H groups in total. The number of carbonyl (C=O) groups is 1. The molecule has 0 aliphatic carbocycles. The Morgan fingerprint density at radius 2 is 2.04 bits per heavy atom. The van der Waals surface area contributed by atoms with Gasteiger partial charge in [-0.05, 0) is 12.0 Å². The molecule has 2 heterocycles. The van der Waals surface area contributed by atoms with Crippen LogP contribution in [0, 0.1) is 0 Å². The first kappa shape index (κ1) is 18.9. The Bertz CT molecular complexity index is 701. The summed E-state index contributed by atoms with van der Waals surface area (Å²) in [7, 11) is 1.96. The summed E-state index contributed by atoms with van der Waals surface area (Å²) in [5.74, 6) is 1.33. The van der Waals surface area contributed by atoms with Crippen molar-refractivity contribution in [3.8, 4) is 0 Å². The molecular formula is C18H26N5O2S+. The Hall–Kier alpha value is -1.90. The van der Waals surface area contributed by atoms with Crippen molar-refractivity contribution in [1.29, 1.82) is 0 Å². The highest BCUT2D eigenvalue weighted by molar-refractivity contribution is 7.99. The monoisotopic (exact) mass is 376 g/mol. The van der Waals surface area contributed by atoms with E-state index < -0.39 is 0 Å². The number of thioether (sulfide) groups is 1. The molecule has 140 valence electrons. The van der Waals surface area contributed by atoms with Crippen LogP contribution in [-0.2, 0) is 29.5 Å². The Morgan fingerprint density at radius 1 is 1.27 bits per heavy atom. The molecule has 0 atom stereocenters. The van der Waals surface area contributed by atoms with Gasteiger partial charge in [0.1, 0.15) is 19.6 Å². The molecule has 0 saturated carbocycles. The van der Waals surface area contributed by atoms with Crippen LogP contribution >= 0.6 is 11.8 Å². The van der Waals surface area contributed by atoms with Crippen LogP contribution in [0.3, 0.4) is 0 Å². The van der Waals surface area contributed by atoms with E-state index >= 15 is 0 Å². The molecule has 1 fully saturated rings. The molecule has 1 aliphatic rings. The number of benzene rings is 1. The van der Waals surface area contributed by atoms with Crippen molar-refractivity contribution in [3.05, 3.63) is 41.7 Å². The van der Waals surface area contributed by atoms with Gasteiger partial charge in [-0.1, -0.05) is 42.1 Å². The van der Waals surface area contributed by atoms with Gasteiger partial charge in [0.25, 0.3) is 0 Å². The van der Waals surface area contributed by atoms with Crippen LogP contribution in [0.4, 0.5) is 0 Å². The number of nitrogens with one attached hydrogen (secondary N) is 2. The molecule has 8 heteroatoms. The van der Waals surface area contributed by atoms with E-state index in [1.165, 1.54) is 22.2 Å². The molecule has 2 aromatic rings. The second-order valence-electron chi connectivity index (χ2n) is 6.37. The van der Waals surface area contributed by atoms with Crippen LogP contribution in [0.2, 0.25) is 0 Å². The molecule has 1 aromatic heterocycles. The lowest BCUT2D eigenvalue weighted by molar-refractivity contribution is -0.922. The van der Waals surface area contributed by atoms with Crippen molar-refractivity contribution in [2.45, 2.75) is 18.1 Å². The number of hydrogen-bond acceptors (Lipinski definition) is 5. The zero-order chi connectivity index (χ0) is 18.2. The third kappa shape index (κ3) is 5.55. The van der Waals surface area contributed by atoms with Gasteiger partial charge in [0.05, 0.1) is 19.0 Å². The summed E-state index contributed by atoms with van der Waals surface area (Å²) in [4.78, 5) is 13.5. The van der Waals surface area contributed by atoms with Crippen molar-refractivity contribution in [2.24, 2.45) is 7.05 Å². The number of aromatic nitrogens is 3. The summed E-state index contributed by atoms with van der Waals surface area (Å²) in [6, 6.07) is 10.2. The fourth-order valence-electron chi connectivity index (χ4n) is 2.86. The quantitative estimate of drug-likeness (QED) is 0.618. The predicted molar refractivity (Wildman–Crippen MR) is 100 cm³/mol. The van der Waals surface area contributed by atoms with E-state index in [1.807, 2.05) is 29.8 Å². The normalized spacial score (nSPS) is 15.1. The standard InChI is InChI=1S/C18H25N5O2S/c1-22-16(13-23-9-11-25-12-10-23)20-21-18(22)26-14-17(24)19-8-7-15-5-3-2-4-6-15/h2-6H,7-14H2,1H3,(H,19,24)/p+1. The second kappa shape index (κ2) is 9.70. The largest absolute Gasteiger partial charge is 0.370 e. The first-order valence-electron chi connectivity index (χ1n) is 8.95. The van der Waals surface area contributed by atoms with E-state index in [1.54, 1.807) is 0 Å². The molecule has 26 heavy (non-hydrogen) atoms. The van der Waals surface area contributed by atoms with Crippen LogP contribution in [0.5, 0.6) is 0 Å². The van der Waals surface area contributed by atoms with E-state index in [-0.39, 0.29) is 5.91 Å². The van der Waals surface area contributed by atoms with E-state index in [2.05, 4.69) is 27.6 Å². The lowest BCUT2D eigenvalue weighted by Gasteiger charge is -2.23. The first-order chi connectivity index (χ1) is 12.7. The molecule has 1 amide bonds. The topological polar surface area (TPSA) is 73.5 Å². The maximum atomic E-state index is 12.0. The van der Waals surface area contributed by atoms with E-state index in [0.29, 0.717) is 12.3 Å². The highest BCUT2D eigenvalue weighted by atomic mass is 32.2. The van der Waals surface area contributed by atoms with E-state index in [0.717, 1.165) is 50.2 Å². The van der Waals surface area contributed by atoms with Gasteiger partial charge < -0.3 is 19.5 Å². The van der Waals surface area contributed by atoms with Crippen LogP contribution in [-0.4, -0.2) is 59.3 Å². The molecule has 1 aliphatic heterocycles. The smallest absolute Gasteiger partial charge is 0.230 e. The van der Waals surface area contributed by atoms with Gasteiger partial charge in [-0.2, -0.15) is 0 Å². The van der Waals surface area contributed by atoms with Crippen molar-refractivity contribution in [2.75, 3.05) is 38.6 Å². The van der Waals surface area contributed by atoms with Crippen molar-refractivity contribution in [1.82, 2.24) is 20.1 Å². The summed E-state index contributed by atoms with van der Waals surface area (Å²) < 4.78 is 7.38. The summed E-state index contributed by atoms with van der Waals surface area (Å²) in [5.41, 5.74) is 1.23. The minimum absolute atomic E-state index is 0.0225. The number of rotatable bonds is 8. The van der Waals surface area contributed by atoms with E-state index in [9.17, 15) is 4.79 Å². The minimum atomic E-state index is 0.0225. The van der Waals surface area contributed by atoms with Crippen LogP contribution < -0.4 is 10.2 Å². The van der Waals surface area contributed by atoms with Crippen molar-refractivity contribution < 1.29 is 14.4 Å². The lowest BCUT2D eigenvalue weighted by Crippen LogP contribution is -3.12. The van der Waals surface area contributed by atoms with Gasteiger partial charge in [0.15, 0.2) is 11.0 Å². The fourth-order valence-corrected chi connectivity index (χ4v) is 3.62. The molecule has 3 rings (SSSR count). The molecular weight excluding hydrogens is 350 g/mol. The maximum Gasteiger partial charge on any atom is 0.230 e. The minimum Gasteiger partial charge on any atom is -0.370 e. The number of hydrogen-bond donors (Lipinski definition) is 2. The molecule has 0 bridgehead atoms. The highest BCUT2D eigenvalue weighted by Gasteiger charge is 2.19. The van der Waals surface area contributed by atoms with Crippen LogP contribution in [0.15, 0.2) is 35.5 Å². The molecule has 7 nitrogen and oxygen atoms in total. The number of carbonyl (C=O) groups excluding carboxylic acids is 1. The van der Waals surface area contributed by atoms with Gasteiger partial charge in [-0.3, -0.25) is 4.79 Å². The molecule has 0 unspecified atom stereocenters. The number of morpholine rings is 1. The van der Waals surface area contributed by atoms with Gasteiger partial charge in [0, 0.05) is 13.6 Å². The average molecular weight is 377 g/mol. The lowest BCUT2D eigenvalue weighted by atomic mass is 10.1. The van der Waals surface area contributed by atoms with Gasteiger partial charge >= 0.3 is 0 Å². The molecule has 0 spiro atoms. The number of quaternary nitrogens is 1. The second-order valence-corrected chi connectivity index (χ2v) is 7.31. The fraction of sp³-hybridized carbons (Fsp3) is 0.500. The maximum absolute atomic E-state index is 12.0. The summed E-state index contributed by atoms with van der Waals surface area (Å²) in [6.07, 6.45) is 0.841. The average Bonchev–Trinajstić information content (AvgIpc) is 3.01. The first-order valence-corrected chi connectivity index (χ1v) is 9.94. The Morgan fingerprint density at radius 3 is 2.81 bits per heavy atom. The summed E-state index contributed by atoms with van der Waals surface area (Å²) >= 11 is 1.43. The highest BCUT2D eigenvalue weighted by Crippen LogP contribution is 2.14. The van der Waals surface area contributed by atoms with Crippen LogP contribution in [0.25, 0.3) is 0 Å². The number of amides is 1.